The highest BCUT2D eigenvalue weighted by atomic mass is 19.1. The molecule has 0 spiro atoms. The fourth-order valence-electron chi connectivity index (χ4n) is 4.56. The van der Waals surface area contributed by atoms with Crippen molar-refractivity contribution in [3.05, 3.63) is 79.1 Å². The van der Waals surface area contributed by atoms with E-state index in [0.29, 0.717) is 33.7 Å². The van der Waals surface area contributed by atoms with E-state index in [1.54, 1.807) is 43.0 Å². The third-order valence-corrected chi connectivity index (χ3v) is 6.62. The van der Waals surface area contributed by atoms with Crippen molar-refractivity contribution in [3.63, 3.8) is 0 Å². The first-order valence-corrected chi connectivity index (χ1v) is 12.0. The number of H-pyrrole nitrogens is 2. The molecule has 9 heteroatoms. The van der Waals surface area contributed by atoms with Crippen molar-refractivity contribution in [2.24, 2.45) is 5.92 Å². The number of fused-ring (bicyclic) bond motifs is 2. The van der Waals surface area contributed by atoms with Crippen LogP contribution < -0.4 is 5.32 Å². The Bertz CT molecular complexity index is 1820. The molecule has 5 heterocycles. The predicted molar refractivity (Wildman–Crippen MR) is 139 cm³/mol. The molecular formula is C28H20FN7O. The van der Waals surface area contributed by atoms with Gasteiger partial charge in [0.15, 0.2) is 0 Å². The number of benzene rings is 1. The van der Waals surface area contributed by atoms with Crippen molar-refractivity contribution in [1.29, 1.82) is 0 Å². The second-order valence-corrected chi connectivity index (χ2v) is 9.20. The standard InChI is InChI=1S/C28H20FN7O/c29-21-4-2-1-3-18(21)20-13-31-14-25-19(20)10-24(33-25)27-26-23(35-36-27)8-7-22(34-26)16-9-17(12-30-11-16)32-28(37)15-5-6-15/h1-4,7-15,33H,5-6H2,(H,32,37)(H,35,36). The molecule has 1 aromatic carbocycles. The predicted octanol–water partition coefficient (Wildman–Crippen LogP) is 5.72. The normalized spacial score (nSPS) is 13.3. The van der Waals surface area contributed by atoms with Gasteiger partial charge in [-0.1, -0.05) is 18.2 Å². The topological polar surface area (TPSA) is 112 Å². The summed E-state index contributed by atoms with van der Waals surface area (Å²) in [7, 11) is 0. The van der Waals surface area contributed by atoms with E-state index in [0.717, 1.165) is 40.5 Å². The van der Waals surface area contributed by atoms with E-state index in [4.69, 9.17) is 4.98 Å². The van der Waals surface area contributed by atoms with Gasteiger partial charge in [-0.05, 0) is 43.2 Å². The molecule has 6 aromatic rings. The average Bonchev–Trinajstić information content (AvgIpc) is 3.55. The van der Waals surface area contributed by atoms with Crippen molar-refractivity contribution in [2.75, 3.05) is 5.32 Å². The number of amides is 1. The summed E-state index contributed by atoms with van der Waals surface area (Å²) in [6.07, 6.45) is 8.61. The van der Waals surface area contributed by atoms with Crippen LogP contribution in [0.3, 0.4) is 0 Å². The van der Waals surface area contributed by atoms with Gasteiger partial charge in [0.05, 0.1) is 40.5 Å². The quantitative estimate of drug-likeness (QED) is 0.287. The summed E-state index contributed by atoms with van der Waals surface area (Å²) in [5, 5.41) is 11.3. The number of anilines is 1. The van der Waals surface area contributed by atoms with Crippen LogP contribution in [-0.2, 0) is 4.79 Å². The number of nitrogens with zero attached hydrogens (tertiary/aromatic N) is 4. The first kappa shape index (κ1) is 21.4. The molecule has 0 bridgehead atoms. The van der Waals surface area contributed by atoms with Crippen LogP contribution in [-0.4, -0.2) is 36.0 Å². The third-order valence-electron chi connectivity index (χ3n) is 6.62. The monoisotopic (exact) mass is 489 g/mol. The van der Waals surface area contributed by atoms with E-state index in [2.05, 4.69) is 30.5 Å². The molecule has 0 atom stereocenters. The van der Waals surface area contributed by atoms with Gasteiger partial charge in [0, 0.05) is 40.4 Å². The molecule has 180 valence electrons. The third kappa shape index (κ3) is 3.81. The molecule has 0 unspecified atom stereocenters. The first-order chi connectivity index (χ1) is 18.1. The molecule has 1 saturated carbocycles. The highest BCUT2D eigenvalue weighted by Gasteiger charge is 2.29. The van der Waals surface area contributed by atoms with Gasteiger partial charge in [0.1, 0.15) is 17.0 Å². The van der Waals surface area contributed by atoms with Crippen molar-refractivity contribution in [2.45, 2.75) is 12.8 Å². The Morgan fingerprint density at radius 2 is 1.81 bits per heavy atom. The van der Waals surface area contributed by atoms with Gasteiger partial charge in [0.2, 0.25) is 5.91 Å². The molecule has 1 aliphatic rings. The molecule has 5 aromatic heterocycles. The Kier molecular flexibility index (Phi) is 4.81. The number of aromatic nitrogens is 6. The summed E-state index contributed by atoms with van der Waals surface area (Å²) in [5.74, 6) is -0.167. The zero-order valence-corrected chi connectivity index (χ0v) is 19.5. The Morgan fingerprint density at radius 1 is 0.946 bits per heavy atom. The van der Waals surface area contributed by atoms with Gasteiger partial charge in [-0.2, -0.15) is 5.10 Å². The maximum Gasteiger partial charge on any atom is 0.227 e. The van der Waals surface area contributed by atoms with E-state index in [9.17, 15) is 9.18 Å². The number of pyridine rings is 3. The lowest BCUT2D eigenvalue weighted by Gasteiger charge is -2.06. The van der Waals surface area contributed by atoms with Crippen LogP contribution in [0.1, 0.15) is 12.8 Å². The van der Waals surface area contributed by atoms with Gasteiger partial charge < -0.3 is 10.3 Å². The van der Waals surface area contributed by atoms with Crippen molar-refractivity contribution in [1.82, 2.24) is 30.1 Å². The minimum atomic E-state index is -0.305. The van der Waals surface area contributed by atoms with Gasteiger partial charge in [-0.15, -0.1) is 0 Å². The molecule has 8 nitrogen and oxygen atoms in total. The summed E-state index contributed by atoms with van der Waals surface area (Å²) in [6.45, 7) is 0. The number of aromatic amines is 2. The van der Waals surface area contributed by atoms with E-state index in [-0.39, 0.29) is 17.6 Å². The van der Waals surface area contributed by atoms with Crippen LogP contribution in [0.5, 0.6) is 0 Å². The second kappa shape index (κ2) is 8.34. The lowest BCUT2D eigenvalue weighted by atomic mass is 10.0. The largest absolute Gasteiger partial charge is 0.352 e. The SMILES string of the molecule is O=C(Nc1cncc(-c2ccc3[nH]nc(-c4cc5c(-c6ccccc6F)cncc5[nH]4)c3n2)c1)C1CC1. The van der Waals surface area contributed by atoms with E-state index >= 15 is 0 Å². The average molecular weight is 490 g/mol. The van der Waals surface area contributed by atoms with Crippen LogP contribution >= 0.6 is 0 Å². The zero-order chi connectivity index (χ0) is 24.9. The molecule has 7 rings (SSSR count). The molecular weight excluding hydrogens is 469 g/mol. The molecule has 37 heavy (non-hydrogen) atoms. The summed E-state index contributed by atoms with van der Waals surface area (Å²) in [5.41, 5.74) is 6.91. The number of carbonyl (C=O) groups is 1. The van der Waals surface area contributed by atoms with E-state index in [1.807, 2.05) is 24.3 Å². The van der Waals surface area contributed by atoms with Crippen LogP contribution in [0, 0.1) is 11.7 Å². The highest BCUT2D eigenvalue weighted by Crippen LogP contribution is 2.35. The molecule has 3 N–H and O–H groups in total. The molecule has 1 aliphatic carbocycles. The maximum absolute atomic E-state index is 14.5. The highest BCUT2D eigenvalue weighted by molar-refractivity contribution is 6.00. The molecule has 0 saturated heterocycles. The van der Waals surface area contributed by atoms with Crippen LogP contribution in [0.4, 0.5) is 10.1 Å². The Hall–Kier alpha value is -4.92. The van der Waals surface area contributed by atoms with Gasteiger partial charge in [-0.25, -0.2) is 9.37 Å². The Labute approximate surface area is 210 Å². The lowest BCUT2D eigenvalue weighted by molar-refractivity contribution is -0.117. The van der Waals surface area contributed by atoms with Gasteiger partial charge in [-0.3, -0.25) is 19.9 Å². The molecule has 1 amide bonds. The lowest BCUT2D eigenvalue weighted by Crippen LogP contribution is -2.13. The van der Waals surface area contributed by atoms with E-state index < -0.39 is 0 Å². The summed E-state index contributed by atoms with van der Waals surface area (Å²) in [4.78, 5) is 29.0. The molecule has 0 radical (unpaired) electrons. The number of nitrogens with one attached hydrogen (secondary N) is 3. The van der Waals surface area contributed by atoms with Gasteiger partial charge in [0.25, 0.3) is 0 Å². The van der Waals surface area contributed by atoms with Crippen molar-refractivity contribution < 1.29 is 9.18 Å². The molecule has 0 aliphatic heterocycles. The summed E-state index contributed by atoms with van der Waals surface area (Å²) >= 11 is 0. The maximum atomic E-state index is 14.5. The number of hydrogen-bond donors (Lipinski definition) is 3. The fourth-order valence-corrected chi connectivity index (χ4v) is 4.56. The Morgan fingerprint density at radius 3 is 2.68 bits per heavy atom. The van der Waals surface area contributed by atoms with Crippen molar-refractivity contribution >= 4 is 33.5 Å². The minimum Gasteiger partial charge on any atom is -0.352 e. The van der Waals surface area contributed by atoms with Gasteiger partial charge >= 0.3 is 0 Å². The Balaban J connectivity index is 1.29. The van der Waals surface area contributed by atoms with Crippen molar-refractivity contribution in [3.8, 4) is 33.8 Å². The molecule has 1 fully saturated rings. The van der Waals surface area contributed by atoms with Crippen LogP contribution in [0.2, 0.25) is 0 Å². The number of halogens is 1. The number of rotatable bonds is 5. The van der Waals surface area contributed by atoms with Crippen LogP contribution in [0.15, 0.2) is 73.3 Å². The summed E-state index contributed by atoms with van der Waals surface area (Å²) < 4.78 is 14.5. The van der Waals surface area contributed by atoms with E-state index in [1.165, 1.54) is 6.07 Å². The number of carbonyl (C=O) groups excluding carboxylic acids is 1. The minimum absolute atomic E-state index is 0.0301. The van der Waals surface area contributed by atoms with Crippen LogP contribution in [0.25, 0.3) is 55.7 Å². The zero-order valence-electron chi connectivity index (χ0n) is 19.5. The smallest absolute Gasteiger partial charge is 0.227 e. The second-order valence-electron chi connectivity index (χ2n) is 9.20. The first-order valence-electron chi connectivity index (χ1n) is 12.0. The summed E-state index contributed by atoms with van der Waals surface area (Å²) in [6, 6.07) is 14.3. The number of hydrogen-bond acceptors (Lipinski definition) is 5. The fraction of sp³-hybridized carbons (Fsp3) is 0.107.